The van der Waals surface area contributed by atoms with Gasteiger partial charge in [0.1, 0.15) is 0 Å². The van der Waals surface area contributed by atoms with Crippen LogP contribution in [0.4, 0.5) is 34.1 Å². The second kappa shape index (κ2) is 14.2. The summed E-state index contributed by atoms with van der Waals surface area (Å²) in [6.07, 6.45) is 0. The van der Waals surface area contributed by atoms with Crippen molar-refractivity contribution in [2.45, 2.75) is 19.3 Å². The van der Waals surface area contributed by atoms with Gasteiger partial charge in [-0.15, -0.1) is 0 Å². The summed E-state index contributed by atoms with van der Waals surface area (Å²) in [5, 5.41) is 2.45. The lowest BCUT2D eigenvalue weighted by molar-refractivity contribution is 0.632. The van der Waals surface area contributed by atoms with Gasteiger partial charge >= 0.3 is 0 Å². The third-order valence-corrected chi connectivity index (χ3v) is 11.6. The van der Waals surface area contributed by atoms with Crippen molar-refractivity contribution in [2.24, 2.45) is 0 Å². The highest BCUT2D eigenvalue weighted by Gasteiger charge is 2.38. The van der Waals surface area contributed by atoms with E-state index in [1.807, 2.05) is 0 Å². The second-order valence-electron chi connectivity index (χ2n) is 15.4. The molecule has 0 saturated heterocycles. The molecule has 2 heteroatoms. The van der Waals surface area contributed by atoms with Crippen LogP contribution in [-0.2, 0) is 5.41 Å². The van der Waals surface area contributed by atoms with E-state index in [4.69, 9.17) is 0 Å². The molecule has 1 heterocycles. The Balaban J connectivity index is 1.10. The quantitative estimate of drug-likeness (QED) is 0.161. The van der Waals surface area contributed by atoms with E-state index in [2.05, 4.69) is 242 Å². The van der Waals surface area contributed by atoms with E-state index in [1.54, 1.807) is 0 Å². The van der Waals surface area contributed by atoms with Crippen LogP contribution in [0.25, 0.3) is 44.2 Å². The lowest BCUT2D eigenvalue weighted by Gasteiger charge is -2.43. The van der Waals surface area contributed by atoms with Gasteiger partial charge in [0.25, 0.3) is 0 Å². The van der Waals surface area contributed by atoms with Crippen LogP contribution < -0.4 is 9.80 Å². The van der Waals surface area contributed by atoms with Crippen molar-refractivity contribution in [1.82, 2.24) is 0 Å². The average molecular weight is 731 g/mol. The van der Waals surface area contributed by atoms with Crippen LogP contribution in [0.5, 0.6) is 0 Å². The Labute approximate surface area is 335 Å². The first-order valence-corrected chi connectivity index (χ1v) is 19.8. The molecule has 9 aromatic rings. The van der Waals surface area contributed by atoms with E-state index in [0.717, 1.165) is 17.1 Å². The topological polar surface area (TPSA) is 6.48 Å². The molecule has 0 spiro atoms. The van der Waals surface area contributed by atoms with Crippen molar-refractivity contribution in [3.05, 3.63) is 230 Å². The molecule has 2 nitrogen and oxygen atoms in total. The van der Waals surface area contributed by atoms with Gasteiger partial charge in [-0.25, -0.2) is 0 Å². The van der Waals surface area contributed by atoms with Gasteiger partial charge in [0.05, 0.1) is 17.1 Å². The minimum Gasteiger partial charge on any atom is -0.311 e. The molecule has 1 aliphatic heterocycles. The van der Waals surface area contributed by atoms with Gasteiger partial charge in [-0.3, -0.25) is 0 Å². The second-order valence-corrected chi connectivity index (χ2v) is 15.4. The Morgan fingerprint density at radius 1 is 0.368 bits per heavy atom. The molecule has 1 aliphatic rings. The van der Waals surface area contributed by atoms with Crippen molar-refractivity contribution < 1.29 is 0 Å². The Bertz CT molecular complexity index is 2840. The summed E-state index contributed by atoms with van der Waals surface area (Å²) in [5.41, 5.74) is 16.6. The van der Waals surface area contributed by atoms with E-state index in [1.165, 1.54) is 72.3 Å². The van der Waals surface area contributed by atoms with Gasteiger partial charge in [0.2, 0.25) is 0 Å². The van der Waals surface area contributed by atoms with Gasteiger partial charge in [-0.05, 0) is 92.9 Å². The molecule has 0 N–H and O–H groups in total. The lowest BCUT2D eigenvalue weighted by atomic mass is 9.73. The van der Waals surface area contributed by atoms with Gasteiger partial charge < -0.3 is 9.80 Å². The zero-order valence-electron chi connectivity index (χ0n) is 32.2. The monoisotopic (exact) mass is 730 g/mol. The van der Waals surface area contributed by atoms with E-state index < -0.39 is 0 Å². The highest BCUT2D eigenvalue weighted by Crippen LogP contribution is 2.55. The summed E-state index contributed by atoms with van der Waals surface area (Å²) in [6, 6.07) is 79.3. The molecule has 0 atom stereocenters. The first-order valence-electron chi connectivity index (χ1n) is 19.8. The highest BCUT2D eigenvalue weighted by atomic mass is 15.2. The van der Waals surface area contributed by atoms with Gasteiger partial charge in [0, 0.05) is 33.4 Å². The van der Waals surface area contributed by atoms with Crippen molar-refractivity contribution in [1.29, 1.82) is 0 Å². The van der Waals surface area contributed by atoms with Crippen LogP contribution in [0.2, 0.25) is 0 Å². The molecule has 0 bridgehead atoms. The van der Waals surface area contributed by atoms with Crippen molar-refractivity contribution in [3.63, 3.8) is 0 Å². The average Bonchev–Trinajstić information content (AvgIpc) is 3.28. The molecule has 0 aromatic heterocycles. The molecule has 0 radical (unpaired) electrons. The molecule has 57 heavy (non-hydrogen) atoms. The maximum Gasteiger partial charge on any atom is 0.0618 e. The Kier molecular flexibility index (Phi) is 8.53. The fraction of sp³-hybridized carbons (Fsp3) is 0.0545. The minimum atomic E-state index is -0.200. The third-order valence-electron chi connectivity index (χ3n) is 11.6. The smallest absolute Gasteiger partial charge is 0.0618 e. The molecule has 0 amide bonds. The normalized spacial score (nSPS) is 12.8. The number of hydrogen-bond acceptors (Lipinski definition) is 2. The van der Waals surface area contributed by atoms with Crippen LogP contribution in [0.3, 0.4) is 0 Å². The van der Waals surface area contributed by atoms with Crippen molar-refractivity contribution in [3.8, 4) is 33.4 Å². The van der Waals surface area contributed by atoms with E-state index in [-0.39, 0.29) is 5.41 Å². The van der Waals surface area contributed by atoms with Crippen molar-refractivity contribution >= 4 is 44.9 Å². The standard InChI is InChI=1S/C55H42N2/c1-55(2)50-24-14-15-25-52(50)57(54-48-23-13-12-20-43(48)30-36-49(54)42-18-8-4-9-19-42)53-38-44(31-37-51(53)55)41-28-34-47(35-29-41)56(45-21-10-5-11-22-45)46-32-26-40(27-33-46)39-16-6-3-7-17-39/h3-38H,1-2H3. The molecular formula is C55H42N2. The molecule has 0 unspecified atom stereocenters. The highest BCUT2D eigenvalue weighted by molar-refractivity contribution is 6.07. The number of para-hydroxylation sites is 2. The van der Waals surface area contributed by atoms with Crippen molar-refractivity contribution in [2.75, 3.05) is 9.80 Å². The summed E-state index contributed by atoms with van der Waals surface area (Å²) >= 11 is 0. The summed E-state index contributed by atoms with van der Waals surface area (Å²) < 4.78 is 0. The number of rotatable bonds is 7. The lowest BCUT2D eigenvalue weighted by Crippen LogP contribution is -2.31. The van der Waals surface area contributed by atoms with Crippen LogP contribution in [-0.4, -0.2) is 0 Å². The summed E-state index contributed by atoms with van der Waals surface area (Å²) in [6.45, 7) is 4.73. The Morgan fingerprint density at radius 3 is 1.54 bits per heavy atom. The number of nitrogens with zero attached hydrogens (tertiary/aromatic N) is 2. The first kappa shape index (κ1) is 34.3. The first-order chi connectivity index (χ1) is 28.0. The fourth-order valence-electron chi connectivity index (χ4n) is 8.75. The number of anilines is 6. The van der Waals surface area contributed by atoms with Crippen LogP contribution in [0, 0.1) is 0 Å². The number of fused-ring (bicyclic) bond motifs is 3. The molecule has 0 saturated carbocycles. The van der Waals surface area contributed by atoms with Gasteiger partial charge in [0.15, 0.2) is 0 Å². The molecule has 10 rings (SSSR count). The van der Waals surface area contributed by atoms with Gasteiger partial charge in [-0.1, -0.05) is 184 Å². The largest absolute Gasteiger partial charge is 0.311 e. The summed E-state index contributed by atoms with van der Waals surface area (Å²) in [4.78, 5) is 4.87. The van der Waals surface area contributed by atoms with E-state index >= 15 is 0 Å². The maximum absolute atomic E-state index is 2.54. The molecule has 0 aliphatic carbocycles. The van der Waals surface area contributed by atoms with Gasteiger partial charge in [-0.2, -0.15) is 0 Å². The predicted octanol–water partition coefficient (Wildman–Crippen LogP) is 15.4. The molecule has 272 valence electrons. The van der Waals surface area contributed by atoms with Crippen LogP contribution in [0.15, 0.2) is 218 Å². The van der Waals surface area contributed by atoms with E-state index in [9.17, 15) is 0 Å². The maximum atomic E-state index is 2.54. The zero-order chi connectivity index (χ0) is 38.3. The molecule has 9 aromatic carbocycles. The van der Waals surface area contributed by atoms with Crippen LogP contribution in [0.1, 0.15) is 25.0 Å². The fourth-order valence-corrected chi connectivity index (χ4v) is 8.75. The third kappa shape index (κ3) is 6.07. The number of hydrogen-bond donors (Lipinski definition) is 0. The SMILES string of the molecule is CC1(C)c2ccccc2N(c2c(-c3ccccc3)ccc3ccccc23)c2cc(-c3ccc(N(c4ccccc4)c4ccc(-c5ccccc5)cc4)cc3)ccc21. The van der Waals surface area contributed by atoms with E-state index in [0.29, 0.717) is 0 Å². The number of benzene rings is 9. The summed E-state index contributed by atoms with van der Waals surface area (Å²) in [5.74, 6) is 0. The predicted molar refractivity (Wildman–Crippen MR) is 242 cm³/mol. The minimum absolute atomic E-state index is 0.200. The Hall–Kier alpha value is -7.16. The zero-order valence-corrected chi connectivity index (χ0v) is 32.2. The van der Waals surface area contributed by atoms with Crippen LogP contribution >= 0.6 is 0 Å². The molecule has 0 fully saturated rings. The summed E-state index contributed by atoms with van der Waals surface area (Å²) in [7, 11) is 0. The Morgan fingerprint density at radius 2 is 0.860 bits per heavy atom. The molecular weight excluding hydrogens is 689 g/mol.